The minimum atomic E-state index is 0.00479. The van der Waals surface area contributed by atoms with Crippen molar-refractivity contribution in [1.82, 2.24) is 0 Å². The smallest absolute Gasteiger partial charge is 0.186 e. The fraction of sp³-hybridized carbons (Fsp3) is 0.519. The number of ether oxygens (including phenoxy) is 2. The molecule has 0 aliphatic rings. The van der Waals surface area contributed by atoms with Gasteiger partial charge in [-0.1, -0.05) is 46.8 Å². The van der Waals surface area contributed by atoms with Crippen molar-refractivity contribution in [2.24, 2.45) is 0 Å². The second-order valence-electron chi connectivity index (χ2n) is 9.52. The molecule has 0 saturated carbocycles. The van der Waals surface area contributed by atoms with Crippen LogP contribution in [-0.2, 0) is 5.41 Å². The Balaban J connectivity index is 2.37. The Bertz CT molecular complexity index is 888. The molecule has 0 fully saturated rings. The van der Waals surface area contributed by atoms with Gasteiger partial charge >= 0.3 is 0 Å². The molecule has 0 saturated heterocycles. The minimum Gasteiger partial charge on any atom is -0.491 e. The summed E-state index contributed by atoms with van der Waals surface area (Å²) in [5.41, 5.74) is 4.39. The molecular weight excluding hydrogens is 403 g/mol. The van der Waals surface area contributed by atoms with Crippen molar-refractivity contribution in [2.75, 3.05) is 0 Å². The first-order valence-electron chi connectivity index (χ1n) is 11.4. The van der Waals surface area contributed by atoms with Crippen molar-refractivity contribution < 1.29 is 14.3 Å². The van der Waals surface area contributed by atoms with E-state index in [-0.39, 0.29) is 31.7 Å². The molecule has 4 heteroatoms. The van der Waals surface area contributed by atoms with Crippen molar-refractivity contribution in [3.63, 3.8) is 0 Å². The van der Waals surface area contributed by atoms with E-state index in [4.69, 9.17) is 9.47 Å². The van der Waals surface area contributed by atoms with Crippen LogP contribution in [0, 0.1) is 13.8 Å². The van der Waals surface area contributed by atoms with E-state index in [1.165, 1.54) is 5.56 Å². The first-order chi connectivity index (χ1) is 14.5. The average Bonchev–Trinajstić information content (AvgIpc) is 2.68. The summed E-state index contributed by atoms with van der Waals surface area (Å²) < 4.78 is 12.2. The van der Waals surface area contributed by atoms with E-state index in [1.54, 1.807) is 0 Å². The molecule has 2 rings (SSSR count). The van der Waals surface area contributed by atoms with Gasteiger partial charge < -0.3 is 9.47 Å². The summed E-state index contributed by atoms with van der Waals surface area (Å²) >= 11 is 0. The summed E-state index contributed by atoms with van der Waals surface area (Å²) in [5, 5.41) is 0.931. The van der Waals surface area contributed by atoms with Gasteiger partial charge in [0.2, 0.25) is 0 Å². The zero-order chi connectivity index (χ0) is 23.3. The lowest BCUT2D eigenvalue weighted by Gasteiger charge is -2.22. The number of carbonyl (C=O) groups excluding carboxylic acids is 1. The third-order valence-corrected chi connectivity index (χ3v) is 6.80. The van der Waals surface area contributed by atoms with E-state index < -0.39 is 0 Å². The van der Waals surface area contributed by atoms with Crippen LogP contribution in [0.5, 0.6) is 11.5 Å². The standard InChI is InChI=1S/C27H39O3P/c1-10-19(5)29-22-12-13-24(23(16-22)30-20(6)11-2)31-26(28)25-17(3)14-21(15-18(25)4)27(7,8)9/h12-16,19-20,31H,10-11H2,1-9H3. The van der Waals surface area contributed by atoms with Crippen LogP contribution in [0.25, 0.3) is 0 Å². The summed E-state index contributed by atoms with van der Waals surface area (Å²) in [7, 11) is 0.00479. The van der Waals surface area contributed by atoms with E-state index in [2.05, 4.69) is 60.6 Å². The quantitative estimate of drug-likeness (QED) is 0.389. The van der Waals surface area contributed by atoms with Gasteiger partial charge in [-0.3, -0.25) is 4.79 Å². The Labute approximate surface area is 190 Å². The molecule has 170 valence electrons. The number of carbonyl (C=O) groups is 1. The molecule has 0 amide bonds. The zero-order valence-electron chi connectivity index (χ0n) is 20.7. The van der Waals surface area contributed by atoms with Crippen molar-refractivity contribution in [3.8, 4) is 11.5 Å². The van der Waals surface area contributed by atoms with Gasteiger partial charge in [0.1, 0.15) is 11.5 Å². The molecule has 0 aromatic heterocycles. The highest BCUT2D eigenvalue weighted by Crippen LogP contribution is 2.33. The number of hydrogen-bond donors (Lipinski definition) is 0. The highest BCUT2D eigenvalue weighted by molar-refractivity contribution is 7.66. The molecule has 0 N–H and O–H groups in total. The van der Waals surface area contributed by atoms with Crippen LogP contribution in [-0.4, -0.2) is 17.7 Å². The molecule has 2 aromatic carbocycles. The highest BCUT2D eigenvalue weighted by atomic mass is 31.1. The van der Waals surface area contributed by atoms with E-state index >= 15 is 0 Å². The number of rotatable bonds is 9. The lowest BCUT2D eigenvalue weighted by atomic mass is 9.84. The van der Waals surface area contributed by atoms with Crippen LogP contribution in [0.3, 0.4) is 0 Å². The van der Waals surface area contributed by atoms with Crippen LogP contribution >= 0.6 is 8.58 Å². The van der Waals surface area contributed by atoms with Gasteiger partial charge in [-0.15, -0.1) is 0 Å². The maximum atomic E-state index is 13.4. The summed E-state index contributed by atoms with van der Waals surface area (Å²) in [4.78, 5) is 13.4. The summed E-state index contributed by atoms with van der Waals surface area (Å²) in [6, 6.07) is 10.2. The average molecular weight is 443 g/mol. The summed E-state index contributed by atoms with van der Waals surface area (Å²) in [6.45, 7) is 19.0. The highest BCUT2D eigenvalue weighted by Gasteiger charge is 2.21. The maximum Gasteiger partial charge on any atom is 0.186 e. The largest absolute Gasteiger partial charge is 0.491 e. The van der Waals surface area contributed by atoms with Gasteiger partial charge in [-0.25, -0.2) is 0 Å². The van der Waals surface area contributed by atoms with Gasteiger partial charge in [0.15, 0.2) is 5.52 Å². The fourth-order valence-corrected chi connectivity index (χ4v) is 4.52. The minimum absolute atomic E-state index is 0.00479. The Hall–Kier alpha value is -1.86. The van der Waals surface area contributed by atoms with Crippen molar-refractivity contribution >= 4 is 19.4 Å². The Kier molecular flexibility index (Phi) is 8.72. The van der Waals surface area contributed by atoms with Gasteiger partial charge in [-0.05, 0) is 83.4 Å². The zero-order valence-corrected chi connectivity index (χ0v) is 21.7. The monoisotopic (exact) mass is 442 g/mol. The number of hydrogen-bond acceptors (Lipinski definition) is 3. The fourth-order valence-electron chi connectivity index (χ4n) is 3.33. The summed E-state index contributed by atoms with van der Waals surface area (Å²) in [6.07, 6.45) is 2.05. The lowest BCUT2D eigenvalue weighted by Crippen LogP contribution is -2.17. The Morgan fingerprint density at radius 2 is 1.48 bits per heavy atom. The normalized spacial score (nSPS) is 14.0. The predicted molar refractivity (Wildman–Crippen MR) is 134 cm³/mol. The molecule has 3 atom stereocenters. The second kappa shape index (κ2) is 10.6. The predicted octanol–water partition coefficient (Wildman–Crippen LogP) is 7.10. The molecular formula is C27H39O3P. The SMILES string of the molecule is CCC(C)Oc1ccc(PC(=O)c2c(C)cc(C(C)(C)C)cc2C)c(OC(C)CC)c1. The molecule has 0 aliphatic carbocycles. The van der Waals surface area contributed by atoms with Crippen LogP contribution in [0.2, 0.25) is 0 Å². The molecule has 3 nitrogen and oxygen atoms in total. The van der Waals surface area contributed by atoms with Gasteiger partial charge in [0.25, 0.3) is 0 Å². The molecule has 3 unspecified atom stereocenters. The third-order valence-electron chi connectivity index (χ3n) is 5.64. The van der Waals surface area contributed by atoms with Crippen LogP contribution in [0.15, 0.2) is 30.3 Å². The van der Waals surface area contributed by atoms with E-state index in [0.717, 1.165) is 46.3 Å². The third kappa shape index (κ3) is 6.81. The molecule has 0 radical (unpaired) electrons. The Morgan fingerprint density at radius 1 is 0.935 bits per heavy atom. The van der Waals surface area contributed by atoms with Crippen molar-refractivity contribution in [2.45, 2.75) is 92.8 Å². The van der Waals surface area contributed by atoms with E-state index in [9.17, 15) is 4.79 Å². The molecule has 0 aliphatic heterocycles. The molecule has 31 heavy (non-hydrogen) atoms. The van der Waals surface area contributed by atoms with E-state index in [1.807, 2.05) is 32.0 Å². The number of benzene rings is 2. The Morgan fingerprint density at radius 3 is 2.00 bits per heavy atom. The van der Waals surface area contributed by atoms with Crippen LogP contribution < -0.4 is 14.8 Å². The van der Waals surface area contributed by atoms with Crippen molar-refractivity contribution in [3.05, 3.63) is 52.6 Å². The molecule has 2 aromatic rings. The summed E-state index contributed by atoms with van der Waals surface area (Å²) in [5.74, 6) is 1.54. The molecule has 0 bridgehead atoms. The van der Waals surface area contributed by atoms with Gasteiger partial charge in [-0.2, -0.15) is 0 Å². The molecule has 0 heterocycles. The topological polar surface area (TPSA) is 35.5 Å². The maximum absolute atomic E-state index is 13.4. The van der Waals surface area contributed by atoms with Gasteiger partial charge in [0.05, 0.1) is 12.2 Å². The van der Waals surface area contributed by atoms with Crippen LogP contribution in [0.4, 0.5) is 0 Å². The van der Waals surface area contributed by atoms with Crippen LogP contribution in [0.1, 0.15) is 88.4 Å². The van der Waals surface area contributed by atoms with Crippen molar-refractivity contribution in [1.29, 1.82) is 0 Å². The van der Waals surface area contributed by atoms with E-state index in [0.29, 0.717) is 0 Å². The molecule has 0 spiro atoms. The second-order valence-corrected chi connectivity index (χ2v) is 10.8. The lowest BCUT2D eigenvalue weighted by molar-refractivity contribution is 0.108. The number of aryl methyl sites for hydroxylation is 2. The van der Waals surface area contributed by atoms with Gasteiger partial charge in [0, 0.05) is 16.9 Å². The first-order valence-corrected chi connectivity index (χ1v) is 12.4. The first kappa shape index (κ1) is 25.4.